The highest BCUT2D eigenvalue weighted by Crippen LogP contribution is 2.32. The molecule has 0 aliphatic heterocycles. The molecule has 0 radical (unpaired) electrons. The van der Waals surface area contributed by atoms with Crippen LogP contribution in [0.15, 0.2) is 54.7 Å². The Morgan fingerprint density at radius 2 is 2.14 bits per heavy atom. The third-order valence-electron chi connectivity index (χ3n) is 5.74. The number of fused-ring (bicyclic) bond motifs is 1. The number of carbonyl (C=O) groups excluding carboxylic acids is 1. The van der Waals surface area contributed by atoms with Gasteiger partial charge in [0.25, 0.3) is 0 Å². The highest BCUT2D eigenvalue weighted by atomic mass is 16.5. The average Bonchev–Trinajstić information content (AvgIpc) is 3.18. The number of ether oxygens (including phenoxy) is 1. The fraction of sp³-hybridized carbons (Fsp3) is 0.292. The lowest BCUT2D eigenvalue weighted by atomic mass is 9.90. The predicted molar refractivity (Wildman–Crippen MR) is 117 cm³/mol. The summed E-state index contributed by atoms with van der Waals surface area (Å²) in [4.78, 5) is 14.8. The summed E-state index contributed by atoms with van der Waals surface area (Å²) in [5.74, 6) is 0.561. The molecular formula is C24H27N3O2. The van der Waals surface area contributed by atoms with E-state index in [-0.39, 0.29) is 0 Å². The van der Waals surface area contributed by atoms with Crippen LogP contribution in [0.1, 0.15) is 40.7 Å². The number of benzene rings is 2. The van der Waals surface area contributed by atoms with Gasteiger partial charge in [0, 0.05) is 34.3 Å². The molecule has 1 unspecified atom stereocenters. The summed E-state index contributed by atoms with van der Waals surface area (Å²) < 4.78 is 5.43. The minimum Gasteiger partial charge on any atom is -0.496 e. The standard InChI is InChI=1S/C24H27N3O2/c1-29-23-5-3-2-4-17(23)12-13-26-19-9-6-16(7-10-19)21-15-27-22-11-8-18(24(25)28)14-20(21)22/h2-6,8,11,14-15,19,26-27H,7,9-10,12-13H2,1H3,(H2,25,28). The summed E-state index contributed by atoms with van der Waals surface area (Å²) >= 11 is 0. The molecular weight excluding hydrogens is 362 g/mol. The van der Waals surface area contributed by atoms with Gasteiger partial charge in [-0.05, 0) is 67.6 Å². The summed E-state index contributed by atoms with van der Waals surface area (Å²) in [7, 11) is 1.72. The summed E-state index contributed by atoms with van der Waals surface area (Å²) in [5.41, 5.74) is 10.8. The number of para-hydroxylation sites is 1. The van der Waals surface area contributed by atoms with E-state index in [1.807, 2.05) is 30.5 Å². The van der Waals surface area contributed by atoms with Crippen molar-refractivity contribution in [3.63, 3.8) is 0 Å². The molecule has 1 aliphatic rings. The zero-order valence-corrected chi connectivity index (χ0v) is 16.7. The molecule has 29 heavy (non-hydrogen) atoms. The normalized spacial score (nSPS) is 16.6. The van der Waals surface area contributed by atoms with Crippen LogP contribution in [0, 0.1) is 0 Å². The topological polar surface area (TPSA) is 80.1 Å². The van der Waals surface area contributed by atoms with Gasteiger partial charge in [-0.3, -0.25) is 4.79 Å². The van der Waals surface area contributed by atoms with Gasteiger partial charge in [0.15, 0.2) is 0 Å². The predicted octanol–water partition coefficient (Wildman–Crippen LogP) is 4.04. The van der Waals surface area contributed by atoms with Crippen LogP contribution < -0.4 is 15.8 Å². The van der Waals surface area contributed by atoms with Crippen molar-refractivity contribution in [2.75, 3.05) is 13.7 Å². The minimum atomic E-state index is -0.393. The molecule has 1 atom stereocenters. The molecule has 1 aliphatic carbocycles. The average molecular weight is 389 g/mol. The van der Waals surface area contributed by atoms with Crippen LogP contribution in [0.5, 0.6) is 5.75 Å². The van der Waals surface area contributed by atoms with Gasteiger partial charge in [0.1, 0.15) is 5.75 Å². The lowest BCUT2D eigenvalue weighted by molar-refractivity contribution is 0.100. The second kappa shape index (κ2) is 8.53. The maximum Gasteiger partial charge on any atom is 0.248 e. The zero-order chi connectivity index (χ0) is 20.2. The lowest BCUT2D eigenvalue weighted by Crippen LogP contribution is -2.32. The van der Waals surface area contributed by atoms with Crippen molar-refractivity contribution in [2.24, 2.45) is 5.73 Å². The maximum absolute atomic E-state index is 11.5. The third kappa shape index (κ3) is 4.20. The molecule has 5 nitrogen and oxygen atoms in total. The van der Waals surface area contributed by atoms with Gasteiger partial charge in [-0.25, -0.2) is 0 Å². The van der Waals surface area contributed by atoms with Crippen LogP contribution in [0.25, 0.3) is 16.5 Å². The number of hydrogen-bond donors (Lipinski definition) is 3. The first kappa shape index (κ1) is 19.3. The van der Waals surface area contributed by atoms with Gasteiger partial charge < -0.3 is 20.8 Å². The van der Waals surface area contributed by atoms with Crippen LogP contribution in [0.2, 0.25) is 0 Å². The van der Waals surface area contributed by atoms with E-state index in [9.17, 15) is 4.79 Å². The number of hydrogen-bond acceptors (Lipinski definition) is 3. The molecule has 5 heteroatoms. The first-order valence-electron chi connectivity index (χ1n) is 10.1. The third-order valence-corrected chi connectivity index (χ3v) is 5.74. The Kier molecular flexibility index (Phi) is 5.67. The smallest absolute Gasteiger partial charge is 0.248 e. The molecule has 1 aromatic heterocycles. The van der Waals surface area contributed by atoms with Gasteiger partial charge >= 0.3 is 0 Å². The number of aromatic amines is 1. The largest absolute Gasteiger partial charge is 0.496 e. The van der Waals surface area contributed by atoms with Crippen molar-refractivity contribution >= 4 is 22.4 Å². The fourth-order valence-electron chi connectivity index (χ4n) is 4.12. The summed E-state index contributed by atoms with van der Waals surface area (Å²) in [6, 6.07) is 14.2. The number of nitrogens with two attached hydrogens (primary N) is 1. The first-order chi connectivity index (χ1) is 14.2. The first-order valence-corrected chi connectivity index (χ1v) is 10.1. The molecule has 3 aromatic rings. The fourth-order valence-corrected chi connectivity index (χ4v) is 4.12. The molecule has 1 amide bonds. The highest BCUT2D eigenvalue weighted by Gasteiger charge is 2.18. The van der Waals surface area contributed by atoms with Gasteiger partial charge in [-0.2, -0.15) is 0 Å². The van der Waals surface area contributed by atoms with E-state index in [2.05, 4.69) is 28.5 Å². The van der Waals surface area contributed by atoms with E-state index in [1.165, 1.54) is 16.7 Å². The number of rotatable bonds is 7. The number of allylic oxidation sites excluding steroid dienone is 1. The molecule has 2 aromatic carbocycles. The molecule has 150 valence electrons. The van der Waals surface area contributed by atoms with Crippen LogP contribution in [0.4, 0.5) is 0 Å². The molecule has 0 spiro atoms. The van der Waals surface area contributed by atoms with Gasteiger partial charge in [-0.15, -0.1) is 0 Å². The van der Waals surface area contributed by atoms with E-state index < -0.39 is 5.91 Å². The minimum absolute atomic E-state index is 0.393. The second-order valence-electron chi connectivity index (χ2n) is 7.54. The molecule has 4 N–H and O–H groups in total. The van der Waals surface area contributed by atoms with E-state index in [1.54, 1.807) is 13.2 Å². The monoisotopic (exact) mass is 389 g/mol. The molecule has 0 bridgehead atoms. The maximum atomic E-state index is 11.5. The van der Waals surface area contributed by atoms with Gasteiger partial charge in [0.05, 0.1) is 7.11 Å². The quantitative estimate of drug-likeness (QED) is 0.570. The van der Waals surface area contributed by atoms with Crippen molar-refractivity contribution in [2.45, 2.75) is 31.7 Å². The number of amides is 1. The molecule has 1 heterocycles. The lowest BCUT2D eigenvalue weighted by Gasteiger charge is -2.23. The molecule has 0 saturated heterocycles. The van der Waals surface area contributed by atoms with Crippen LogP contribution in [-0.2, 0) is 6.42 Å². The number of carbonyl (C=O) groups is 1. The molecule has 0 fully saturated rings. The Bertz CT molecular complexity index is 1050. The van der Waals surface area contributed by atoms with Crippen molar-refractivity contribution in [3.05, 3.63) is 71.4 Å². The summed E-state index contributed by atoms with van der Waals surface area (Å²) in [6.45, 7) is 0.934. The summed E-state index contributed by atoms with van der Waals surface area (Å²) in [6.07, 6.45) is 8.43. The number of H-pyrrole nitrogens is 1. The Morgan fingerprint density at radius 3 is 2.90 bits per heavy atom. The Balaban J connectivity index is 1.39. The van der Waals surface area contributed by atoms with E-state index in [4.69, 9.17) is 10.5 Å². The highest BCUT2D eigenvalue weighted by molar-refractivity contribution is 6.00. The van der Waals surface area contributed by atoms with E-state index in [0.29, 0.717) is 11.6 Å². The van der Waals surface area contributed by atoms with Gasteiger partial charge in [0.2, 0.25) is 5.91 Å². The van der Waals surface area contributed by atoms with Crippen LogP contribution >= 0.6 is 0 Å². The SMILES string of the molecule is COc1ccccc1CCNC1CC=C(c2c[nH]c3ccc(C(N)=O)cc23)CC1. The van der Waals surface area contributed by atoms with E-state index in [0.717, 1.165) is 48.9 Å². The number of nitrogens with one attached hydrogen (secondary N) is 2. The number of primary amides is 1. The Morgan fingerprint density at radius 1 is 1.28 bits per heavy atom. The molecule has 0 saturated carbocycles. The van der Waals surface area contributed by atoms with Crippen molar-refractivity contribution in [3.8, 4) is 5.75 Å². The number of aromatic nitrogens is 1. The van der Waals surface area contributed by atoms with Crippen molar-refractivity contribution < 1.29 is 9.53 Å². The molecule has 4 rings (SSSR count). The van der Waals surface area contributed by atoms with E-state index >= 15 is 0 Å². The Labute approximate surface area is 170 Å². The summed E-state index contributed by atoms with van der Waals surface area (Å²) in [5, 5.41) is 4.74. The Hall–Kier alpha value is -3.05. The van der Waals surface area contributed by atoms with Gasteiger partial charge in [-0.1, -0.05) is 24.3 Å². The second-order valence-corrected chi connectivity index (χ2v) is 7.54. The van der Waals surface area contributed by atoms with Crippen LogP contribution in [-0.4, -0.2) is 30.6 Å². The van der Waals surface area contributed by atoms with Crippen molar-refractivity contribution in [1.82, 2.24) is 10.3 Å². The zero-order valence-electron chi connectivity index (χ0n) is 16.7. The van der Waals surface area contributed by atoms with Crippen LogP contribution in [0.3, 0.4) is 0 Å². The van der Waals surface area contributed by atoms with Crippen molar-refractivity contribution in [1.29, 1.82) is 0 Å². The number of methoxy groups -OCH3 is 1.